The van der Waals surface area contributed by atoms with Crippen molar-refractivity contribution in [1.29, 1.82) is 0 Å². The highest BCUT2D eigenvalue weighted by Gasteiger charge is 2.38. The fraction of sp³-hybridized carbons (Fsp3) is 1.00. The van der Waals surface area contributed by atoms with Crippen LogP contribution in [0.3, 0.4) is 0 Å². The van der Waals surface area contributed by atoms with Gasteiger partial charge in [0.15, 0.2) is 0 Å². The van der Waals surface area contributed by atoms with Gasteiger partial charge in [-0.05, 0) is 32.1 Å². The molecule has 0 saturated carbocycles. The van der Waals surface area contributed by atoms with E-state index in [-0.39, 0.29) is 12.4 Å². The Hall–Kier alpha value is 0.170. The van der Waals surface area contributed by atoms with Gasteiger partial charge in [-0.25, -0.2) is 0 Å². The van der Waals surface area contributed by atoms with Gasteiger partial charge in [-0.15, -0.1) is 12.4 Å². The lowest BCUT2D eigenvalue weighted by Gasteiger charge is -2.37. The van der Waals surface area contributed by atoms with Gasteiger partial charge in [0.25, 0.3) is 0 Å². The van der Waals surface area contributed by atoms with Gasteiger partial charge in [0.1, 0.15) is 0 Å². The van der Waals surface area contributed by atoms with Crippen LogP contribution in [0.1, 0.15) is 32.1 Å². The molecule has 14 heavy (non-hydrogen) atoms. The summed E-state index contributed by atoms with van der Waals surface area (Å²) in [6.07, 6.45) is 5.90. The Morgan fingerprint density at radius 2 is 1.79 bits per heavy atom. The Morgan fingerprint density at radius 3 is 2.29 bits per heavy atom. The molecule has 0 radical (unpaired) electrons. The van der Waals surface area contributed by atoms with E-state index >= 15 is 0 Å². The first-order chi connectivity index (χ1) is 6.31. The highest BCUT2D eigenvalue weighted by Crippen LogP contribution is 2.34. The smallest absolute Gasteiger partial charge is 0.0443 e. The third kappa shape index (κ3) is 2.40. The number of aliphatic hydroxyl groups is 1. The summed E-state index contributed by atoms with van der Waals surface area (Å²) in [5, 5.41) is 8.79. The van der Waals surface area contributed by atoms with Crippen LogP contribution >= 0.6 is 12.4 Å². The maximum absolute atomic E-state index is 8.79. The molecular formula is C10H21ClN2O. The molecule has 2 rings (SSSR count). The van der Waals surface area contributed by atoms with Gasteiger partial charge in [-0.2, -0.15) is 0 Å². The van der Waals surface area contributed by atoms with Crippen molar-refractivity contribution in [2.45, 2.75) is 50.2 Å². The molecular weight excluding hydrogens is 200 g/mol. The van der Waals surface area contributed by atoms with Crippen LogP contribution in [-0.2, 0) is 0 Å². The van der Waals surface area contributed by atoms with E-state index in [1.54, 1.807) is 0 Å². The zero-order chi connectivity index (χ0) is 9.26. The van der Waals surface area contributed by atoms with Crippen molar-refractivity contribution in [3.05, 3.63) is 0 Å². The molecule has 3 nitrogen and oxygen atoms in total. The predicted octanol–water partition coefficient (Wildman–Crippen LogP) is 0.745. The van der Waals surface area contributed by atoms with Crippen LogP contribution in [0.2, 0.25) is 0 Å². The van der Waals surface area contributed by atoms with Gasteiger partial charge in [-0.1, -0.05) is 0 Å². The standard InChI is InChI=1S/C10H20N2O.ClH/c11-8-6-9-2-3-10(7-8)12(9)4-1-5-13;/h8-10,13H,1-7,11H2;1H. The fourth-order valence-corrected chi connectivity index (χ4v) is 2.93. The number of fused-ring (bicyclic) bond motifs is 2. The number of rotatable bonds is 3. The molecule has 0 aromatic heterocycles. The molecule has 0 aromatic rings. The first kappa shape index (κ1) is 12.2. The molecule has 2 saturated heterocycles. The summed E-state index contributed by atoms with van der Waals surface area (Å²) < 4.78 is 0. The maximum atomic E-state index is 8.79. The topological polar surface area (TPSA) is 49.5 Å². The molecule has 4 heteroatoms. The molecule has 2 aliphatic rings. The Kier molecular flexibility index (Phi) is 4.64. The van der Waals surface area contributed by atoms with E-state index in [0.717, 1.165) is 25.0 Å². The van der Waals surface area contributed by atoms with E-state index in [2.05, 4.69) is 4.90 Å². The Labute approximate surface area is 92.1 Å². The largest absolute Gasteiger partial charge is 0.396 e. The highest BCUT2D eigenvalue weighted by molar-refractivity contribution is 5.85. The minimum absolute atomic E-state index is 0. The van der Waals surface area contributed by atoms with Crippen molar-refractivity contribution in [1.82, 2.24) is 4.90 Å². The van der Waals surface area contributed by atoms with Crippen LogP contribution in [0.5, 0.6) is 0 Å². The van der Waals surface area contributed by atoms with E-state index in [9.17, 15) is 0 Å². The van der Waals surface area contributed by atoms with Gasteiger partial charge < -0.3 is 10.8 Å². The summed E-state index contributed by atoms with van der Waals surface area (Å²) in [5.74, 6) is 0. The minimum Gasteiger partial charge on any atom is -0.396 e. The molecule has 84 valence electrons. The predicted molar refractivity (Wildman–Crippen MR) is 59.7 cm³/mol. The van der Waals surface area contributed by atoms with Gasteiger partial charge >= 0.3 is 0 Å². The van der Waals surface area contributed by atoms with Crippen LogP contribution in [0, 0.1) is 0 Å². The van der Waals surface area contributed by atoms with Crippen LogP contribution in [-0.4, -0.2) is 41.3 Å². The lowest BCUT2D eigenvalue weighted by atomic mass is 9.98. The third-order valence-corrected chi connectivity index (χ3v) is 3.50. The maximum Gasteiger partial charge on any atom is 0.0443 e. The molecule has 0 aliphatic carbocycles. The normalized spacial score (nSPS) is 36.9. The van der Waals surface area contributed by atoms with Crippen molar-refractivity contribution in [2.75, 3.05) is 13.2 Å². The highest BCUT2D eigenvalue weighted by atomic mass is 35.5. The van der Waals surface area contributed by atoms with Crippen molar-refractivity contribution >= 4 is 12.4 Å². The van der Waals surface area contributed by atoms with Crippen LogP contribution < -0.4 is 5.73 Å². The molecule has 2 heterocycles. The molecule has 0 amide bonds. The van der Waals surface area contributed by atoms with Crippen molar-refractivity contribution in [3.63, 3.8) is 0 Å². The molecule has 2 atom stereocenters. The number of piperidine rings is 1. The molecule has 3 N–H and O–H groups in total. The summed E-state index contributed by atoms with van der Waals surface area (Å²) >= 11 is 0. The second-order valence-corrected chi connectivity index (χ2v) is 4.43. The molecule has 2 aliphatic heterocycles. The van der Waals surface area contributed by atoms with E-state index in [1.807, 2.05) is 0 Å². The zero-order valence-electron chi connectivity index (χ0n) is 8.56. The summed E-state index contributed by atoms with van der Waals surface area (Å²) in [5.41, 5.74) is 5.97. The molecule has 2 unspecified atom stereocenters. The minimum atomic E-state index is 0. The second kappa shape index (κ2) is 5.31. The average molecular weight is 221 g/mol. The van der Waals surface area contributed by atoms with Crippen LogP contribution in [0.25, 0.3) is 0 Å². The number of nitrogens with zero attached hydrogens (tertiary/aromatic N) is 1. The van der Waals surface area contributed by atoms with Crippen LogP contribution in [0.15, 0.2) is 0 Å². The van der Waals surface area contributed by atoms with Gasteiger partial charge in [-0.3, -0.25) is 4.90 Å². The third-order valence-electron chi connectivity index (χ3n) is 3.50. The molecule has 2 bridgehead atoms. The molecule has 0 spiro atoms. The average Bonchev–Trinajstić information content (AvgIpc) is 2.33. The van der Waals surface area contributed by atoms with Gasteiger partial charge in [0, 0.05) is 31.3 Å². The SMILES string of the molecule is Cl.NC1CC2CCC(C1)N2CCCO. The van der Waals surface area contributed by atoms with Crippen molar-refractivity contribution in [2.24, 2.45) is 5.73 Å². The lowest BCUT2D eigenvalue weighted by Crippen LogP contribution is -2.47. The first-order valence-electron chi connectivity index (χ1n) is 5.43. The van der Waals surface area contributed by atoms with Crippen molar-refractivity contribution < 1.29 is 5.11 Å². The number of hydrogen-bond donors (Lipinski definition) is 2. The summed E-state index contributed by atoms with van der Waals surface area (Å²) in [6.45, 7) is 1.39. The van der Waals surface area contributed by atoms with E-state index < -0.39 is 0 Å². The van der Waals surface area contributed by atoms with Crippen LogP contribution in [0.4, 0.5) is 0 Å². The Morgan fingerprint density at radius 1 is 1.21 bits per heavy atom. The zero-order valence-corrected chi connectivity index (χ0v) is 9.38. The monoisotopic (exact) mass is 220 g/mol. The Balaban J connectivity index is 0.000000980. The van der Waals surface area contributed by atoms with E-state index in [0.29, 0.717) is 12.6 Å². The second-order valence-electron chi connectivity index (χ2n) is 4.43. The number of halogens is 1. The quantitative estimate of drug-likeness (QED) is 0.738. The Bertz CT molecular complexity index is 166. The number of aliphatic hydroxyl groups excluding tert-OH is 1. The van der Waals surface area contributed by atoms with Gasteiger partial charge in [0.2, 0.25) is 0 Å². The van der Waals surface area contributed by atoms with Crippen molar-refractivity contribution in [3.8, 4) is 0 Å². The molecule has 2 fully saturated rings. The number of hydrogen-bond acceptors (Lipinski definition) is 3. The number of nitrogens with two attached hydrogens (primary N) is 1. The summed E-state index contributed by atoms with van der Waals surface area (Å²) in [6, 6.07) is 1.88. The molecule has 0 aromatic carbocycles. The van der Waals surface area contributed by atoms with E-state index in [4.69, 9.17) is 10.8 Å². The first-order valence-corrected chi connectivity index (χ1v) is 5.43. The summed E-state index contributed by atoms with van der Waals surface area (Å²) in [4.78, 5) is 2.57. The van der Waals surface area contributed by atoms with E-state index in [1.165, 1.54) is 25.7 Å². The lowest BCUT2D eigenvalue weighted by molar-refractivity contribution is 0.117. The van der Waals surface area contributed by atoms with Gasteiger partial charge in [0.05, 0.1) is 0 Å². The summed E-state index contributed by atoms with van der Waals surface area (Å²) in [7, 11) is 0. The fourth-order valence-electron chi connectivity index (χ4n) is 2.93.